The number of rotatable bonds is 3. The van der Waals surface area contributed by atoms with E-state index in [2.05, 4.69) is 15.5 Å². The maximum absolute atomic E-state index is 12.4. The molecule has 2 amide bonds. The lowest BCUT2D eigenvalue weighted by Crippen LogP contribution is -2.36. The highest BCUT2D eigenvalue weighted by atomic mass is 16.5. The van der Waals surface area contributed by atoms with Crippen LogP contribution in [0.5, 0.6) is 11.5 Å². The van der Waals surface area contributed by atoms with Crippen molar-refractivity contribution in [3.05, 3.63) is 29.1 Å². The normalized spacial score (nSPS) is 13.9. The molecule has 3 rings (SSSR count). The first kappa shape index (κ1) is 16.1. The second kappa shape index (κ2) is 6.77. The zero-order chi connectivity index (χ0) is 17.1. The van der Waals surface area contributed by atoms with Gasteiger partial charge in [-0.3, -0.25) is 5.32 Å². The van der Waals surface area contributed by atoms with Crippen molar-refractivity contribution < 1.29 is 18.8 Å². The summed E-state index contributed by atoms with van der Waals surface area (Å²) in [4.78, 5) is 18.1. The minimum Gasteiger partial charge on any atom is -0.493 e. The quantitative estimate of drug-likeness (QED) is 0.925. The van der Waals surface area contributed by atoms with Crippen LogP contribution in [0.25, 0.3) is 0 Å². The van der Waals surface area contributed by atoms with Gasteiger partial charge in [0, 0.05) is 13.1 Å². The third kappa shape index (κ3) is 3.27. The zero-order valence-corrected chi connectivity index (χ0v) is 14.0. The number of hydrogen-bond acceptors (Lipinski definition) is 6. The SMILES string of the molecule is COc1cc2c(cc1OC)CCN(C(=O)Nc1nc(C)no1)CC2. The highest BCUT2D eigenvalue weighted by Gasteiger charge is 2.21. The van der Waals surface area contributed by atoms with E-state index in [0.29, 0.717) is 30.4 Å². The van der Waals surface area contributed by atoms with Gasteiger partial charge in [0.05, 0.1) is 14.2 Å². The Morgan fingerprint density at radius 2 is 1.75 bits per heavy atom. The lowest BCUT2D eigenvalue weighted by molar-refractivity contribution is 0.213. The number of methoxy groups -OCH3 is 2. The number of aromatic nitrogens is 2. The Bertz CT molecular complexity index is 709. The number of nitrogens with one attached hydrogen (secondary N) is 1. The van der Waals surface area contributed by atoms with E-state index >= 15 is 0 Å². The highest BCUT2D eigenvalue weighted by Crippen LogP contribution is 2.32. The van der Waals surface area contributed by atoms with E-state index in [1.807, 2.05) is 12.1 Å². The van der Waals surface area contributed by atoms with Gasteiger partial charge in [0.1, 0.15) is 0 Å². The van der Waals surface area contributed by atoms with Crippen molar-refractivity contribution in [2.24, 2.45) is 0 Å². The number of nitrogens with zero attached hydrogens (tertiary/aromatic N) is 3. The van der Waals surface area contributed by atoms with Crippen LogP contribution in [0.3, 0.4) is 0 Å². The van der Waals surface area contributed by atoms with Crippen LogP contribution in [0.15, 0.2) is 16.7 Å². The largest absolute Gasteiger partial charge is 0.493 e. The molecule has 1 aliphatic rings. The first-order valence-electron chi connectivity index (χ1n) is 7.70. The van der Waals surface area contributed by atoms with Gasteiger partial charge in [-0.2, -0.15) is 4.98 Å². The van der Waals surface area contributed by atoms with E-state index in [0.717, 1.165) is 24.0 Å². The fourth-order valence-electron chi connectivity index (χ4n) is 2.77. The topological polar surface area (TPSA) is 89.7 Å². The number of fused-ring (bicyclic) bond motifs is 1. The number of benzene rings is 1. The summed E-state index contributed by atoms with van der Waals surface area (Å²) in [7, 11) is 3.24. The summed E-state index contributed by atoms with van der Waals surface area (Å²) in [6.07, 6.45) is 1.48. The molecule has 2 aromatic rings. The van der Waals surface area contributed by atoms with Crippen LogP contribution in [0.1, 0.15) is 17.0 Å². The molecular formula is C16H20N4O4. The van der Waals surface area contributed by atoms with E-state index < -0.39 is 0 Å². The molecule has 8 nitrogen and oxygen atoms in total. The zero-order valence-electron chi connectivity index (χ0n) is 14.0. The van der Waals surface area contributed by atoms with Crippen LogP contribution in [-0.4, -0.2) is 48.4 Å². The first-order chi connectivity index (χ1) is 11.6. The van der Waals surface area contributed by atoms with Crippen LogP contribution >= 0.6 is 0 Å². The summed E-state index contributed by atoms with van der Waals surface area (Å²) >= 11 is 0. The Morgan fingerprint density at radius 1 is 1.17 bits per heavy atom. The van der Waals surface area contributed by atoms with Gasteiger partial charge in [0.2, 0.25) is 0 Å². The first-order valence-corrected chi connectivity index (χ1v) is 7.70. The Morgan fingerprint density at radius 3 is 2.21 bits per heavy atom. The molecule has 1 aromatic heterocycles. The maximum atomic E-state index is 12.4. The van der Waals surface area contributed by atoms with Gasteiger partial charge in [-0.15, -0.1) is 0 Å². The standard InChI is InChI=1S/C16H20N4O4/c1-10-17-15(24-19-10)18-16(21)20-6-4-11-8-13(22-2)14(23-3)9-12(11)5-7-20/h8-9H,4-7H2,1-3H3,(H,17,18,19,21). The minimum atomic E-state index is -0.245. The molecule has 0 fully saturated rings. The number of carbonyl (C=O) groups is 1. The van der Waals surface area contributed by atoms with Crippen molar-refractivity contribution >= 4 is 12.0 Å². The third-order valence-electron chi connectivity index (χ3n) is 4.04. The van der Waals surface area contributed by atoms with E-state index in [9.17, 15) is 4.79 Å². The van der Waals surface area contributed by atoms with Gasteiger partial charge >= 0.3 is 12.0 Å². The molecule has 1 N–H and O–H groups in total. The van der Waals surface area contributed by atoms with Crippen LogP contribution < -0.4 is 14.8 Å². The van der Waals surface area contributed by atoms with E-state index in [1.54, 1.807) is 26.0 Å². The van der Waals surface area contributed by atoms with Gasteiger partial charge < -0.3 is 18.9 Å². The van der Waals surface area contributed by atoms with Crippen molar-refractivity contribution in [2.75, 3.05) is 32.6 Å². The molecule has 0 spiro atoms. The Balaban J connectivity index is 1.71. The molecule has 1 aromatic carbocycles. The maximum Gasteiger partial charge on any atom is 0.329 e. The number of amides is 2. The summed E-state index contributed by atoms with van der Waals surface area (Å²) in [5, 5.41) is 6.29. The molecule has 0 aliphatic carbocycles. The van der Waals surface area contributed by atoms with Gasteiger partial charge in [-0.1, -0.05) is 5.16 Å². The third-order valence-corrected chi connectivity index (χ3v) is 4.04. The monoisotopic (exact) mass is 332 g/mol. The molecular weight excluding hydrogens is 312 g/mol. The lowest BCUT2D eigenvalue weighted by atomic mass is 10.0. The summed E-state index contributed by atoms with van der Waals surface area (Å²) in [5.74, 6) is 1.89. The van der Waals surface area contributed by atoms with E-state index in [4.69, 9.17) is 14.0 Å². The van der Waals surface area contributed by atoms with E-state index in [1.165, 1.54) is 0 Å². The number of hydrogen-bond donors (Lipinski definition) is 1. The predicted octanol–water partition coefficient (Wildman–Crippen LogP) is 2.03. The molecule has 128 valence electrons. The summed E-state index contributed by atoms with van der Waals surface area (Å²) < 4.78 is 15.6. The number of ether oxygens (including phenoxy) is 2. The molecule has 0 radical (unpaired) electrons. The van der Waals surface area contributed by atoms with Crippen molar-refractivity contribution in [3.8, 4) is 11.5 Å². The van der Waals surface area contributed by atoms with Crippen molar-refractivity contribution in [3.63, 3.8) is 0 Å². The Kier molecular flexibility index (Phi) is 4.54. The van der Waals surface area contributed by atoms with Crippen LogP contribution in [0.4, 0.5) is 10.8 Å². The second-order valence-corrected chi connectivity index (χ2v) is 5.54. The van der Waals surface area contributed by atoms with E-state index in [-0.39, 0.29) is 12.0 Å². The number of carbonyl (C=O) groups excluding carboxylic acids is 1. The summed E-state index contributed by atoms with van der Waals surface area (Å²) in [6.45, 7) is 2.89. The number of urea groups is 1. The van der Waals surface area contributed by atoms with Gasteiger partial charge in [0.15, 0.2) is 17.3 Å². The molecule has 24 heavy (non-hydrogen) atoms. The molecule has 1 aliphatic heterocycles. The molecule has 0 saturated carbocycles. The van der Waals surface area contributed by atoms with Crippen LogP contribution in [-0.2, 0) is 12.8 Å². The molecule has 2 heterocycles. The second-order valence-electron chi connectivity index (χ2n) is 5.54. The van der Waals surface area contributed by atoms with Gasteiger partial charge in [0.25, 0.3) is 0 Å². The van der Waals surface area contributed by atoms with Crippen molar-refractivity contribution in [1.29, 1.82) is 0 Å². The van der Waals surface area contributed by atoms with Crippen LogP contribution in [0.2, 0.25) is 0 Å². The lowest BCUT2D eigenvalue weighted by Gasteiger charge is -2.19. The number of aryl methyl sites for hydroxylation is 1. The average Bonchev–Trinajstić information content (AvgIpc) is 2.87. The molecule has 0 unspecified atom stereocenters. The fraction of sp³-hybridized carbons (Fsp3) is 0.438. The Hall–Kier alpha value is -2.77. The van der Waals surface area contributed by atoms with Gasteiger partial charge in [-0.25, -0.2) is 4.79 Å². The minimum absolute atomic E-state index is 0.114. The number of anilines is 1. The molecule has 0 atom stereocenters. The smallest absolute Gasteiger partial charge is 0.329 e. The molecule has 0 bridgehead atoms. The van der Waals surface area contributed by atoms with Crippen molar-refractivity contribution in [2.45, 2.75) is 19.8 Å². The molecule has 8 heteroatoms. The Labute approximate surface area is 139 Å². The van der Waals surface area contributed by atoms with Crippen molar-refractivity contribution in [1.82, 2.24) is 15.0 Å². The fourth-order valence-corrected chi connectivity index (χ4v) is 2.77. The molecule has 0 saturated heterocycles. The van der Waals surface area contributed by atoms with Gasteiger partial charge in [-0.05, 0) is 43.0 Å². The highest BCUT2D eigenvalue weighted by molar-refractivity contribution is 5.87. The van der Waals surface area contributed by atoms with Crippen LogP contribution in [0, 0.1) is 6.92 Å². The summed E-state index contributed by atoms with van der Waals surface area (Å²) in [6, 6.07) is 3.83. The average molecular weight is 332 g/mol. The summed E-state index contributed by atoms with van der Waals surface area (Å²) in [5.41, 5.74) is 2.33. The predicted molar refractivity (Wildman–Crippen MR) is 86.6 cm³/mol.